The van der Waals surface area contributed by atoms with Crippen molar-refractivity contribution in [1.29, 1.82) is 0 Å². The first-order chi connectivity index (χ1) is 10.5. The van der Waals surface area contributed by atoms with Gasteiger partial charge in [-0.3, -0.25) is 14.9 Å². The van der Waals surface area contributed by atoms with Gasteiger partial charge in [0.25, 0.3) is 5.43 Å². The molecule has 0 bridgehead atoms. The van der Waals surface area contributed by atoms with E-state index in [0.29, 0.717) is 5.82 Å². The lowest BCUT2D eigenvalue weighted by Gasteiger charge is -2.07. The molecule has 0 saturated heterocycles. The Morgan fingerprint density at radius 2 is 2.00 bits per heavy atom. The van der Waals surface area contributed by atoms with E-state index >= 15 is 0 Å². The fraction of sp³-hybridized carbons (Fsp3) is 0.133. The summed E-state index contributed by atoms with van der Waals surface area (Å²) in [5.74, 6) is 0.536. The van der Waals surface area contributed by atoms with Gasteiger partial charge >= 0.3 is 5.69 Å². The van der Waals surface area contributed by atoms with Gasteiger partial charge in [0.15, 0.2) is 0 Å². The topological polar surface area (TPSA) is 90.9 Å². The number of aryl methyl sites for hydroxylation is 1. The van der Waals surface area contributed by atoms with E-state index in [1.54, 1.807) is 0 Å². The van der Waals surface area contributed by atoms with Crippen molar-refractivity contribution in [3.8, 4) is 0 Å². The molecule has 0 amide bonds. The molecule has 0 fully saturated rings. The second kappa shape index (κ2) is 5.36. The van der Waals surface area contributed by atoms with Crippen LogP contribution in [-0.4, -0.2) is 19.5 Å². The molecule has 110 valence electrons. The highest BCUT2D eigenvalue weighted by atomic mass is 16.6. The number of aromatic nitrogens is 3. The van der Waals surface area contributed by atoms with Gasteiger partial charge in [0.1, 0.15) is 5.82 Å². The van der Waals surface area contributed by atoms with Gasteiger partial charge in [-0.15, -0.1) is 0 Å². The van der Waals surface area contributed by atoms with Gasteiger partial charge < -0.3 is 4.57 Å². The van der Waals surface area contributed by atoms with Crippen LogP contribution in [-0.2, 0) is 6.54 Å². The van der Waals surface area contributed by atoms with Crippen LogP contribution in [0.5, 0.6) is 0 Å². The first-order valence-corrected chi connectivity index (χ1v) is 6.61. The summed E-state index contributed by atoms with van der Waals surface area (Å²) in [4.78, 5) is 30.4. The monoisotopic (exact) mass is 296 g/mol. The number of para-hydroxylation sites is 1. The van der Waals surface area contributed by atoms with Crippen molar-refractivity contribution in [3.63, 3.8) is 0 Å². The van der Waals surface area contributed by atoms with Crippen molar-refractivity contribution in [2.24, 2.45) is 0 Å². The summed E-state index contributed by atoms with van der Waals surface area (Å²) >= 11 is 0. The molecule has 0 aliphatic carbocycles. The summed E-state index contributed by atoms with van der Waals surface area (Å²) in [5.41, 5.74) is 0.591. The largest absolute Gasteiger partial charge is 0.340 e. The normalized spacial score (nSPS) is 10.8. The van der Waals surface area contributed by atoms with Gasteiger partial charge in [-0.1, -0.05) is 18.2 Å². The summed E-state index contributed by atoms with van der Waals surface area (Å²) in [6, 6.07) is 8.82. The maximum atomic E-state index is 11.4. The molecule has 2 heterocycles. The lowest BCUT2D eigenvalue weighted by molar-refractivity contribution is -0.386. The minimum atomic E-state index is -0.689. The molecule has 0 saturated carbocycles. The highest BCUT2D eigenvalue weighted by Gasteiger charge is 2.12. The Hall–Kier alpha value is -3.09. The first kappa shape index (κ1) is 13.9. The van der Waals surface area contributed by atoms with Crippen molar-refractivity contribution in [1.82, 2.24) is 14.5 Å². The SMILES string of the molecule is Cc1nc(Cn2ccc(=O)c([N+](=O)[O-])c2)nc2ccccc12. The smallest absolute Gasteiger partial charge is 0.332 e. The third-order valence-corrected chi connectivity index (χ3v) is 3.32. The third-order valence-electron chi connectivity index (χ3n) is 3.32. The van der Waals surface area contributed by atoms with E-state index in [4.69, 9.17) is 0 Å². The zero-order valence-electron chi connectivity index (χ0n) is 11.8. The number of nitro groups is 1. The quantitative estimate of drug-likeness (QED) is 0.545. The van der Waals surface area contributed by atoms with E-state index in [1.165, 1.54) is 23.0 Å². The van der Waals surface area contributed by atoms with Gasteiger partial charge in [0.2, 0.25) is 0 Å². The standard InChI is InChI=1S/C15H12N4O3/c1-10-11-4-2-3-5-12(11)17-15(16-10)9-18-7-6-14(20)13(8-18)19(21)22/h2-8H,9H2,1H3. The maximum Gasteiger partial charge on any atom is 0.332 e. The number of nitrogens with zero attached hydrogens (tertiary/aromatic N) is 4. The molecule has 2 aromatic heterocycles. The Bertz CT molecular complexity index is 933. The fourth-order valence-corrected chi connectivity index (χ4v) is 2.28. The molecular formula is C15H12N4O3. The summed E-state index contributed by atoms with van der Waals surface area (Å²) in [5, 5.41) is 11.8. The number of benzene rings is 1. The van der Waals surface area contributed by atoms with Crippen LogP contribution in [0.4, 0.5) is 5.69 Å². The average Bonchev–Trinajstić information content (AvgIpc) is 2.49. The molecule has 0 unspecified atom stereocenters. The van der Waals surface area contributed by atoms with Gasteiger partial charge in [-0.2, -0.15) is 0 Å². The average molecular weight is 296 g/mol. The van der Waals surface area contributed by atoms with Gasteiger partial charge in [-0.05, 0) is 13.0 Å². The number of fused-ring (bicyclic) bond motifs is 1. The van der Waals surface area contributed by atoms with Crippen LogP contribution in [0.15, 0.2) is 47.5 Å². The number of rotatable bonds is 3. The molecule has 22 heavy (non-hydrogen) atoms. The highest BCUT2D eigenvalue weighted by molar-refractivity contribution is 5.80. The van der Waals surface area contributed by atoms with Crippen LogP contribution in [0.3, 0.4) is 0 Å². The minimum absolute atomic E-state index is 0.257. The molecule has 3 aromatic rings. The molecule has 7 heteroatoms. The predicted octanol–water partition coefficient (Wildman–Crippen LogP) is 2.06. The van der Waals surface area contributed by atoms with Crippen LogP contribution in [0, 0.1) is 17.0 Å². The second-order valence-corrected chi connectivity index (χ2v) is 4.87. The highest BCUT2D eigenvalue weighted by Crippen LogP contribution is 2.15. The van der Waals surface area contributed by atoms with Crippen molar-refractivity contribution in [3.05, 3.63) is 74.6 Å². The summed E-state index contributed by atoms with van der Waals surface area (Å²) in [7, 11) is 0. The molecule has 0 aliphatic rings. The van der Waals surface area contributed by atoms with E-state index in [1.807, 2.05) is 31.2 Å². The summed E-state index contributed by atoms with van der Waals surface area (Å²) < 4.78 is 1.53. The van der Waals surface area contributed by atoms with Crippen LogP contribution in [0.25, 0.3) is 10.9 Å². The Balaban J connectivity index is 2.01. The molecular weight excluding hydrogens is 284 g/mol. The molecule has 1 aromatic carbocycles. The van der Waals surface area contributed by atoms with Crippen LogP contribution >= 0.6 is 0 Å². The van der Waals surface area contributed by atoms with Crippen LogP contribution in [0.1, 0.15) is 11.5 Å². The van der Waals surface area contributed by atoms with E-state index in [2.05, 4.69) is 9.97 Å². The van der Waals surface area contributed by atoms with Gasteiger partial charge in [-0.25, -0.2) is 9.97 Å². The Kier molecular flexibility index (Phi) is 3.38. The van der Waals surface area contributed by atoms with E-state index in [-0.39, 0.29) is 6.54 Å². The lowest BCUT2D eigenvalue weighted by atomic mass is 10.2. The Morgan fingerprint density at radius 3 is 2.77 bits per heavy atom. The minimum Gasteiger partial charge on any atom is -0.340 e. The molecule has 3 rings (SSSR count). The molecule has 0 atom stereocenters. The van der Waals surface area contributed by atoms with Gasteiger partial charge in [0.05, 0.1) is 23.2 Å². The van der Waals surface area contributed by atoms with E-state index < -0.39 is 16.0 Å². The Labute approximate surface area is 125 Å². The summed E-state index contributed by atoms with van der Waals surface area (Å²) in [6.07, 6.45) is 2.69. The summed E-state index contributed by atoms with van der Waals surface area (Å²) in [6.45, 7) is 2.15. The molecule has 0 aliphatic heterocycles. The van der Waals surface area contributed by atoms with E-state index in [0.717, 1.165) is 16.6 Å². The van der Waals surface area contributed by atoms with Crippen molar-refractivity contribution in [2.75, 3.05) is 0 Å². The van der Waals surface area contributed by atoms with Crippen molar-refractivity contribution < 1.29 is 4.92 Å². The van der Waals surface area contributed by atoms with Gasteiger partial charge in [0, 0.05) is 23.3 Å². The van der Waals surface area contributed by atoms with E-state index in [9.17, 15) is 14.9 Å². The predicted molar refractivity (Wildman–Crippen MR) is 80.7 cm³/mol. The number of hydrogen-bond acceptors (Lipinski definition) is 5. The molecule has 0 radical (unpaired) electrons. The fourth-order valence-electron chi connectivity index (χ4n) is 2.28. The molecule has 7 nitrogen and oxygen atoms in total. The Morgan fingerprint density at radius 1 is 1.23 bits per heavy atom. The number of pyridine rings is 1. The molecule has 0 spiro atoms. The van der Waals surface area contributed by atoms with Crippen molar-refractivity contribution >= 4 is 16.6 Å². The zero-order chi connectivity index (χ0) is 15.7. The second-order valence-electron chi connectivity index (χ2n) is 4.87. The third kappa shape index (κ3) is 2.56. The first-order valence-electron chi connectivity index (χ1n) is 6.61. The maximum absolute atomic E-state index is 11.4. The molecule has 0 N–H and O–H groups in total. The van der Waals surface area contributed by atoms with Crippen LogP contribution in [0.2, 0.25) is 0 Å². The number of hydrogen-bond donors (Lipinski definition) is 0. The van der Waals surface area contributed by atoms with Crippen molar-refractivity contribution in [2.45, 2.75) is 13.5 Å². The zero-order valence-corrected chi connectivity index (χ0v) is 11.8. The lowest BCUT2D eigenvalue weighted by Crippen LogP contribution is -2.12. The van der Waals surface area contributed by atoms with Crippen LogP contribution < -0.4 is 5.43 Å².